The van der Waals surface area contributed by atoms with Crippen LogP contribution >= 0.6 is 11.3 Å². The van der Waals surface area contributed by atoms with Gasteiger partial charge in [-0.3, -0.25) is 4.79 Å². The average Bonchev–Trinajstić information content (AvgIpc) is 2.88. The van der Waals surface area contributed by atoms with Crippen molar-refractivity contribution < 1.29 is 4.79 Å². The second-order valence-electron chi connectivity index (χ2n) is 5.08. The van der Waals surface area contributed by atoms with E-state index >= 15 is 0 Å². The lowest BCUT2D eigenvalue weighted by Crippen LogP contribution is -2.21. The second-order valence-corrected chi connectivity index (χ2v) is 6.14. The Labute approximate surface area is 132 Å². The lowest BCUT2D eigenvalue weighted by Gasteiger charge is -2.17. The van der Waals surface area contributed by atoms with Crippen LogP contribution in [0.1, 0.15) is 23.8 Å². The highest BCUT2D eigenvalue weighted by atomic mass is 32.1. The molecule has 2 aromatic rings. The highest BCUT2D eigenvalue weighted by Gasteiger charge is 2.17. The number of guanidine groups is 1. The Bertz CT molecular complexity index is 761. The normalized spacial score (nSPS) is 13.4. The Morgan fingerprint density at radius 3 is 2.95 bits per heavy atom. The Morgan fingerprint density at radius 1 is 1.41 bits per heavy atom. The van der Waals surface area contributed by atoms with Crippen LogP contribution in [0.5, 0.6) is 0 Å². The number of nitrogens with one attached hydrogen (secondary N) is 1. The van der Waals surface area contributed by atoms with Gasteiger partial charge in [0.15, 0.2) is 5.96 Å². The summed E-state index contributed by atoms with van der Waals surface area (Å²) >= 11 is 1.49. The van der Waals surface area contributed by atoms with E-state index in [-0.39, 0.29) is 11.9 Å². The van der Waals surface area contributed by atoms with E-state index in [9.17, 15) is 4.79 Å². The van der Waals surface area contributed by atoms with E-state index in [1.54, 1.807) is 0 Å². The van der Waals surface area contributed by atoms with E-state index in [1.165, 1.54) is 11.3 Å². The van der Waals surface area contributed by atoms with Crippen LogP contribution in [0.3, 0.4) is 0 Å². The fourth-order valence-corrected chi connectivity index (χ4v) is 3.41. The minimum Gasteiger partial charge on any atom is -0.370 e. The molecule has 22 heavy (non-hydrogen) atoms. The molecule has 1 amide bonds. The van der Waals surface area contributed by atoms with Crippen LogP contribution in [0.2, 0.25) is 0 Å². The van der Waals surface area contributed by atoms with E-state index in [0.717, 1.165) is 40.2 Å². The predicted molar refractivity (Wildman–Crippen MR) is 89.3 cm³/mol. The Hall–Kier alpha value is -2.41. The van der Waals surface area contributed by atoms with Gasteiger partial charge in [-0.25, -0.2) is 4.98 Å². The average molecular weight is 315 g/mol. The van der Waals surface area contributed by atoms with Gasteiger partial charge in [0.1, 0.15) is 0 Å². The predicted octanol–water partition coefficient (Wildman–Crippen LogP) is 2.16. The van der Waals surface area contributed by atoms with Gasteiger partial charge >= 0.3 is 0 Å². The number of rotatable bonds is 3. The molecule has 2 heterocycles. The topological polar surface area (TPSA) is 106 Å². The molecule has 0 fully saturated rings. The molecule has 1 aromatic carbocycles. The number of aliphatic imine (C=N–C) groups is 1. The number of amides is 1. The molecule has 114 valence electrons. The summed E-state index contributed by atoms with van der Waals surface area (Å²) in [6.45, 7) is 2.08. The lowest BCUT2D eigenvalue weighted by atomic mass is 9.99. The first-order valence-electron chi connectivity index (χ1n) is 7.09. The third-order valence-electron chi connectivity index (χ3n) is 3.51. The Morgan fingerprint density at radius 2 is 2.23 bits per heavy atom. The molecule has 0 saturated heterocycles. The number of benzene rings is 1. The van der Waals surface area contributed by atoms with Gasteiger partial charge < -0.3 is 16.8 Å². The molecule has 0 bridgehead atoms. The zero-order valence-electron chi connectivity index (χ0n) is 12.2. The lowest BCUT2D eigenvalue weighted by molar-refractivity contribution is -0.116. The van der Waals surface area contributed by atoms with Crippen molar-refractivity contribution in [3.63, 3.8) is 0 Å². The van der Waals surface area contributed by atoms with E-state index in [0.29, 0.717) is 11.6 Å². The van der Waals surface area contributed by atoms with Gasteiger partial charge in [0.2, 0.25) is 11.0 Å². The first-order chi connectivity index (χ1) is 10.6. The largest absolute Gasteiger partial charge is 0.370 e. The van der Waals surface area contributed by atoms with Crippen LogP contribution in [0.25, 0.3) is 11.3 Å². The van der Waals surface area contributed by atoms with Gasteiger partial charge in [-0.2, -0.15) is 4.99 Å². The third kappa shape index (κ3) is 2.80. The van der Waals surface area contributed by atoms with E-state index in [2.05, 4.69) is 28.3 Å². The molecule has 7 heteroatoms. The van der Waals surface area contributed by atoms with Crippen molar-refractivity contribution >= 4 is 34.0 Å². The summed E-state index contributed by atoms with van der Waals surface area (Å²) in [5.74, 6) is 0.0781. The fourth-order valence-electron chi connectivity index (χ4n) is 2.49. The summed E-state index contributed by atoms with van der Waals surface area (Å²) in [6.07, 6.45) is 2.13. The van der Waals surface area contributed by atoms with Crippen molar-refractivity contribution in [3.05, 3.63) is 28.6 Å². The zero-order valence-corrected chi connectivity index (χ0v) is 13.0. The van der Waals surface area contributed by atoms with Crippen LogP contribution in [-0.4, -0.2) is 16.9 Å². The highest BCUT2D eigenvalue weighted by Crippen LogP contribution is 2.35. The smallest absolute Gasteiger partial charge is 0.224 e. The summed E-state index contributed by atoms with van der Waals surface area (Å²) in [4.78, 5) is 21.1. The van der Waals surface area contributed by atoms with Crippen LogP contribution < -0.4 is 16.8 Å². The standard InChI is InChI=1S/C15H17N5OS/c1-2-11-13(19-15(22-11)20-14(16)17)9-3-5-10-8(7-9)4-6-12(21)18-10/h3,5,7H,2,4,6H2,1H3,(H,18,21)(H4,16,17,19,20). The van der Waals surface area contributed by atoms with Crippen LogP contribution in [-0.2, 0) is 17.6 Å². The number of hydrogen-bond acceptors (Lipinski definition) is 4. The van der Waals surface area contributed by atoms with Gasteiger partial charge in [0.05, 0.1) is 5.69 Å². The molecule has 0 spiro atoms. The maximum Gasteiger partial charge on any atom is 0.224 e. The molecule has 1 aromatic heterocycles. The quantitative estimate of drug-likeness (QED) is 0.596. The number of carbonyl (C=O) groups excluding carboxylic acids is 1. The second kappa shape index (κ2) is 5.76. The number of anilines is 1. The number of nitrogens with two attached hydrogens (primary N) is 2. The Balaban J connectivity index is 2.02. The summed E-state index contributed by atoms with van der Waals surface area (Å²) in [7, 11) is 0. The van der Waals surface area contributed by atoms with Gasteiger partial charge in [-0.15, -0.1) is 0 Å². The van der Waals surface area contributed by atoms with Crippen molar-refractivity contribution in [2.75, 3.05) is 5.32 Å². The number of nitrogens with zero attached hydrogens (tertiary/aromatic N) is 2. The number of aromatic nitrogens is 1. The molecule has 1 aliphatic heterocycles. The first-order valence-corrected chi connectivity index (χ1v) is 7.91. The molecule has 0 radical (unpaired) electrons. The number of hydrogen-bond donors (Lipinski definition) is 3. The van der Waals surface area contributed by atoms with Crippen LogP contribution in [0.4, 0.5) is 10.8 Å². The molecule has 5 N–H and O–H groups in total. The monoisotopic (exact) mass is 315 g/mol. The minimum atomic E-state index is 0.0103. The van der Waals surface area contributed by atoms with Gasteiger partial charge in [0, 0.05) is 22.5 Å². The van der Waals surface area contributed by atoms with Gasteiger partial charge in [0.25, 0.3) is 0 Å². The minimum absolute atomic E-state index is 0.0103. The SMILES string of the molecule is CCc1sc(N=C(N)N)nc1-c1ccc2c(c1)CCC(=O)N2. The van der Waals surface area contributed by atoms with Crippen molar-refractivity contribution in [2.45, 2.75) is 26.2 Å². The molecule has 0 saturated carbocycles. The highest BCUT2D eigenvalue weighted by molar-refractivity contribution is 7.15. The van der Waals surface area contributed by atoms with Crippen molar-refractivity contribution in [2.24, 2.45) is 16.5 Å². The van der Waals surface area contributed by atoms with Crippen molar-refractivity contribution in [3.8, 4) is 11.3 Å². The van der Waals surface area contributed by atoms with Gasteiger partial charge in [-0.1, -0.05) is 24.3 Å². The number of fused-ring (bicyclic) bond motifs is 1. The summed E-state index contributed by atoms with van der Waals surface area (Å²) < 4.78 is 0. The van der Waals surface area contributed by atoms with Crippen molar-refractivity contribution in [1.82, 2.24) is 4.98 Å². The molecule has 0 atom stereocenters. The number of thiazole rings is 1. The molecule has 0 unspecified atom stereocenters. The summed E-state index contributed by atoms with van der Waals surface area (Å²) in [5.41, 5.74) is 14.8. The molecular weight excluding hydrogens is 298 g/mol. The van der Waals surface area contributed by atoms with E-state index in [4.69, 9.17) is 11.5 Å². The maximum absolute atomic E-state index is 11.4. The van der Waals surface area contributed by atoms with Crippen LogP contribution in [0.15, 0.2) is 23.2 Å². The van der Waals surface area contributed by atoms with Gasteiger partial charge in [-0.05, 0) is 30.5 Å². The summed E-state index contributed by atoms with van der Waals surface area (Å²) in [5, 5.41) is 3.45. The van der Waals surface area contributed by atoms with E-state index in [1.807, 2.05) is 12.1 Å². The first kappa shape index (κ1) is 14.5. The molecule has 6 nitrogen and oxygen atoms in total. The molecular formula is C15H17N5OS. The van der Waals surface area contributed by atoms with Crippen LogP contribution in [0, 0.1) is 0 Å². The Kier molecular flexibility index (Phi) is 3.81. The summed E-state index contributed by atoms with van der Waals surface area (Å²) in [6, 6.07) is 5.99. The number of aryl methyl sites for hydroxylation is 2. The van der Waals surface area contributed by atoms with Crippen molar-refractivity contribution in [1.29, 1.82) is 0 Å². The molecule has 1 aliphatic rings. The third-order valence-corrected chi connectivity index (χ3v) is 4.60. The fraction of sp³-hybridized carbons (Fsp3) is 0.267. The molecule has 0 aliphatic carbocycles. The maximum atomic E-state index is 11.4. The zero-order chi connectivity index (χ0) is 15.7. The molecule has 3 rings (SSSR count). The number of carbonyl (C=O) groups is 1. The van der Waals surface area contributed by atoms with E-state index < -0.39 is 0 Å².